The Kier molecular flexibility index (Phi) is 6.91. The second-order valence-corrected chi connectivity index (χ2v) is 10.6. The molecule has 5 rings (SSSR count). The van der Waals surface area contributed by atoms with Crippen molar-refractivity contribution >= 4 is 49.2 Å². The lowest BCUT2D eigenvalue weighted by Gasteiger charge is -2.33. The van der Waals surface area contributed by atoms with Gasteiger partial charge in [0.25, 0.3) is 5.91 Å². The van der Waals surface area contributed by atoms with Gasteiger partial charge in [0.15, 0.2) is 0 Å². The van der Waals surface area contributed by atoms with E-state index in [0.29, 0.717) is 12.0 Å². The van der Waals surface area contributed by atoms with Gasteiger partial charge in [0, 0.05) is 67.2 Å². The molecule has 2 fully saturated rings. The molecule has 3 heterocycles. The molecule has 2 aliphatic rings. The lowest BCUT2D eigenvalue weighted by Crippen LogP contribution is -2.47. The quantitative estimate of drug-likeness (QED) is 0.459. The summed E-state index contributed by atoms with van der Waals surface area (Å²) in [4.78, 5) is 27.9. The highest BCUT2D eigenvalue weighted by atomic mass is 79.9. The number of hydrogen-bond acceptors (Lipinski definition) is 7. The highest BCUT2D eigenvalue weighted by Gasteiger charge is 2.25. The Morgan fingerprint density at radius 3 is 2.76 bits per heavy atom. The van der Waals surface area contributed by atoms with Gasteiger partial charge in [-0.05, 0) is 53.5 Å². The van der Waals surface area contributed by atoms with Gasteiger partial charge in [0.05, 0.1) is 9.35 Å². The van der Waals surface area contributed by atoms with Crippen LogP contribution in [0.1, 0.15) is 30.1 Å². The Bertz CT molecular complexity index is 1140. The molecule has 1 aliphatic heterocycles. The zero-order chi connectivity index (χ0) is 22.8. The minimum absolute atomic E-state index is 0.0105. The third-order valence-electron chi connectivity index (χ3n) is 6.32. The predicted molar refractivity (Wildman–Crippen MR) is 138 cm³/mol. The molecule has 0 bridgehead atoms. The number of benzene rings is 1. The number of hydrogen-bond donors (Lipinski definition) is 2. The minimum Gasteiger partial charge on any atom is -0.353 e. The van der Waals surface area contributed by atoms with Gasteiger partial charge in [0.1, 0.15) is 5.69 Å². The average molecular weight is 530 g/mol. The number of piperazine rings is 1. The SMILES string of the molecule is CCN1CCN(CCNc2ncc(Br)c(-c3cc4c(C(=O)NC5CC5)cccc4s3)n2)CC1. The summed E-state index contributed by atoms with van der Waals surface area (Å²) >= 11 is 5.26. The monoisotopic (exact) mass is 528 g/mol. The Labute approximate surface area is 206 Å². The summed E-state index contributed by atoms with van der Waals surface area (Å²) in [7, 11) is 0. The molecule has 33 heavy (non-hydrogen) atoms. The van der Waals surface area contributed by atoms with Gasteiger partial charge < -0.3 is 15.5 Å². The highest BCUT2D eigenvalue weighted by molar-refractivity contribution is 9.10. The minimum atomic E-state index is 0.0105. The van der Waals surface area contributed by atoms with Crippen LogP contribution in [0.15, 0.2) is 34.9 Å². The third kappa shape index (κ3) is 5.37. The van der Waals surface area contributed by atoms with E-state index in [-0.39, 0.29) is 5.91 Å². The van der Waals surface area contributed by atoms with E-state index in [0.717, 1.165) is 89.3 Å². The fourth-order valence-corrected chi connectivity index (χ4v) is 5.77. The molecule has 2 N–H and O–H groups in total. The van der Waals surface area contributed by atoms with Crippen LogP contribution in [0.3, 0.4) is 0 Å². The topological polar surface area (TPSA) is 73.4 Å². The van der Waals surface area contributed by atoms with E-state index in [2.05, 4.69) is 60.4 Å². The molecule has 1 saturated heterocycles. The first kappa shape index (κ1) is 22.7. The first-order chi connectivity index (χ1) is 16.1. The van der Waals surface area contributed by atoms with Gasteiger partial charge >= 0.3 is 0 Å². The van der Waals surface area contributed by atoms with Crippen LogP contribution in [0.2, 0.25) is 0 Å². The summed E-state index contributed by atoms with van der Waals surface area (Å²) < 4.78 is 1.93. The maximum absolute atomic E-state index is 12.7. The molecular formula is C24H29BrN6OS. The number of halogens is 1. The van der Waals surface area contributed by atoms with Crippen molar-refractivity contribution in [2.75, 3.05) is 51.1 Å². The van der Waals surface area contributed by atoms with E-state index in [9.17, 15) is 4.79 Å². The van der Waals surface area contributed by atoms with Gasteiger partial charge in [-0.1, -0.05) is 13.0 Å². The van der Waals surface area contributed by atoms with Gasteiger partial charge in [-0.3, -0.25) is 9.69 Å². The van der Waals surface area contributed by atoms with Gasteiger partial charge in [-0.2, -0.15) is 0 Å². The standard InChI is InChI=1S/C24H29BrN6OS/c1-2-30-10-12-31(13-11-30)9-8-26-24-27-15-19(25)22(29-24)21-14-18-17(4-3-5-20(18)33-21)23(32)28-16-6-7-16/h3-5,14-16H,2,6-13H2,1H3,(H,28,32)(H,26,27,29). The van der Waals surface area contributed by atoms with Gasteiger partial charge in [-0.25, -0.2) is 9.97 Å². The Hall–Kier alpha value is -2.07. The first-order valence-electron chi connectivity index (χ1n) is 11.7. The van der Waals surface area contributed by atoms with Crippen molar-refractivity contribution in [3.63, 3.8) is 0 Å². The summed E-state index contributed by atoms with van der Waals surface area (Å²) in [5.41, 5.74) is 1.58. The number of anilines is 1. The number of amides is 1. The number of thiophene rings is 1. The third-order valence-corrected chi connectivity index (χ3v) is 8.01. The molecule has 1 amide bonds. The molecule has 7 nitrogen and oxygen atoms in total. The zero-order valence-corrected chi connectivity index (χ0v) is 21.2. The smallest absolute Gasteiger partial charge is 0.252 e. The summed E-state index contributed by atoms with van der Waals surface area (Å²) in [6.45, 7) is 9.65. The summed E-state index contributed by atoms with van der Waals surface area (Å²) in [6.07, 6.45) is 3.96. The zero-order valence-electron chi connectivity index (χ0n) is 18.8. The van der Waals surface area contributed by atoms with E-state index in [1.54, 1.807) is 17.5 Å². The average Bonchev–Trinajstić information content (AvgIpc) is 3.54. The molecule has 1 aliphatic carbocycles. The van der Waals surface area contributed by atoms with E-state index in [1.165, 1.54) is 0 Å². The second kappa shape index (κ2) is 10.0. The molecule has 1 saturated carbocycles. The number of likely N-dealkylation sites (N-methyl/N-ethyl adjacent to an activating group) is 1. The molecule has 0 atom stereocenters. The van der Waals surface area contributed by atoms with Crippen molar-refractivity contribution in [1.82, 2.24) is 25.1 Å². The van der Waals surface area contributed by atoms with Crippen molar-refractivity contribution in [2.45, 2.75) is 25.8 Å². The number of nitrogens with one attached hydrogen (secondary N) is 2. The summed E-state index contributed by atoms with van der Waals surface area (Å²) in [5, 5.41) is 7.46. The summed E-state index contributed by atoms with van der Waals surface area (Å²) in [6, 6.07) is 8.33. The molecule has 0 radical (unpaired) electrons. The van der Waals surface area contributed by atoms with Crippen LogP contribution in [0, 0.1) is 0 Å². The van der Waals surface area contributed by atoms with Crippen molar-refractivity contribution in [3.8, 4) is 10.6 Å². The first-order valence-corrected chi connectivity index (χ1v) is 13.3. The van der Waals surface area contributed by atoms with Crippen molar-refractivity contribution in [3.05, 3.63) is 40.5 Å². The number of aromatic nitrogens is 2. The molecule has 174 valence electrons. The molecule has 2 aromatic heterocycles. The predicted octanol–water partition coefficient (Wildman–Crippen LogP) is 4.06. The summed E-state index contributed by atoms with van der Waals surface area (Å²) in [5.74, 6) is 0.640. The molecule has 1 aromatic carbocycles. The van der Waals surface area contributed by atoms with Crippen molar-refractivity contribution < 1.29 is 4.79 Å². The molecule has 9 heteroatoms. The van der Waals surface area contributed by atoms with Crippen LogP contribution in [0.5, 0.6) is 0 Å². The number of carbonyl (C=O) groups excluding carboxylic acids is 1. The molecular weight excluding hydrogens is 500 g/mol. The lowest BCUT2D eigenvalue weighted by molar-refractivity contribution is 0.0953. The van der Waals surface area contributed by atoms with E-state index < -0.39 is 0 Å². The van der Waals surface area contributed by atoms with E-state index in [4.69, 9.17) is 4.98 Å². The number of nitrogens with zero attached hydrogens (tertiary/aromatic N) is 4. The van der Waals surface area contributed by atoms with Crippen molar-refractivity contribution in [2.24, 2.45) is 0 Å². The maximum Gasteiger partial charge on any atom is 0.252 e. The van der Waals surface area contributed by atoms with E-state index >= 15 is 0 Å². The fourth-order valence-electron chi connectivity index (χ4n) is 4.15. The van der Waals surface area contributed by atoms with Gasteiger partial charge in [-0.15, -0.1) is 11.3 Å². The Morgan fingerprint density at radius 2 is 2.00 bits per heavy atom. The van der Waals surface area contributed by atoms with Crippen LogP contribution in [-0.4, -0.2) is 77.5 Å². The molecule has 0 unspecified atom stereocenters. The van der Waals surface area contributed by atoms with E-state index in [1.807, 2.05) is 12.1 Å². The number of fused-ring (bicyclic) bond motifs is 1. The molecule has 3 aromatic rings. The number of carbonyl (C=O) groups is 1. The molecule has 0 spiro atoms. The lowest BCUT2D eigenvalue weighted by atomic mass is 10.1. The second-order valence-electron chi connectivity index (χ2n) is 8.67. The normalized spacial score (nSPS) is 17.4. The van der Waals surface area contributed by atoms with Crippen LogP contribution in [-0.2, 0) is 0 Å². The van der Waals surface area contributed by atoms with Gasteiger partial charge in [0.2, 0.25) is 5.95 Å². The van der Waals surface area contributed by atoms with Crippen LogP contribution < -0.4 is 10.6 Å². The van der Waals surface area contributed by atoms with Crippen LogP contribution in [0.25, 0.3) is 20.7 Å². The van der Waals surface area contributed by atoms with Crippen molar-refractivity contribution in [1.29, 1.82) is 0 Å². The Morgan fingerprint density at radius 1 is 1.21 bits per heavy atom. The highest BCUT2D eigenvalue weighted by Crippen LogP contribution is 2.37. The Balaban J connectivity index is 1.29. The largest absolute Gasteiger partial charge is 0.353 e. The van der Waals surface area contributed by atoms with Crippen LogP contribution >= 0.6 is 27.3 Å². The fraction of sp³-hybridized carbons (Fsp3) is 0.458. The maximum atomic E-state index is 12.7. The number of rotatable bonds is 8. The van der Waals surface area contributed by atoms with Crippen LogP contribution in [0.4, 0.5) is 5.95 Å².